The Morgan fingerprint density at radius 3 is 2.60 bits per heavy atom. The smallest absolute Gasteiger partial charge is 0.128 e. The molecule has 0 fully saturated rings. The van der Waals surface area contributed by atoms with Gasteiger partial charge in [0.15, 0.2) is 0 Å². The summed E-state index contributed by atoms with van der Waals surface area (Å²) in [5, 5.41) is 0.746. The van der Waals surface area contributed by atoms with Crippen LogP contribution in [0.15, 0.2) is 53.5 Å². The Bertz CT molecular complexity index is 595. The zero-order valence-corrected chi connectivity index (χ0v) is 12.5. The molecule has 0 spiro atoms. The van der Waals surface area contributed by atoms with Crippen LogP contribution in [0.3, 0.4) is 0 Å². The first-order valence-corrected chi connectivity index (χ1v) is 7.09. The minimum absolute atomic E-state index is 0.0124. The van der Waals surface area contributed by atoms with Crippen molar-refractivity contribution in [3.05, 3.63) is 64.7 Å². The molecule has 1 atom stereocenters. The SMILES string of the molecule is CCOc1ccccc1/C=N/C(C)c1ccccc1Cl. The van der Waals surface area contributed by atoms with E-state index in [1.54, 1.807) is 0 Å². The molecule has 0 saturated heterocycles. The second-order valence-electron chi connectivity index (χ2n) is 4.45. The van der Waals surface area contributed by atoms with E-state index >= 15 is 0 Å². The van der Waals surface area contributed by atoms with Crippen LogP contribution in [0.5, 0.6) is 5.75 Å². The van der Waals surface area contributed by atoms with Gasteiger partial charge in [-0.25, -0.2) is 0 Å². The van der Waals surface area contributed by atoms with Crippen molar-refractivity contribution in [1.29, 1.82) is 0 Å². The van der Waals surface area contributed by atoms with Crippen LogP contribution in [-0.4, -0.2) is 12.8 Å². The average Bonchev–Trinajstić information content (AvgIpc) is 2.47. The average molecular weight is 288 g/mol. The molecule has 0 saturated carbocycles. The van der Waals surface area contributed by atoms with Crippen LogP contribution in [0.4, 0.5) is 0 Å². The maximum atomic E-state index is 6.18. The van der Waals surface area contributed by atoms with Gasteiger partial charge in [-0.2, -0.15) is 0 Å². The van der Waals surface area contributed by atoms with Crippen LogP contribution in [0.2, 0.25) is 5.02 Å². The highest BCUT2D eigenvalue weighted by atomic mass is 35.5. The minimum atomic E-state index is 0.0124. The summed E-state index contributed by atoms with van der Waals surface area (Å²) in [6.07, 6.45) is 1.85. The lowest BCUT2D eigenvalue weighted by Crippen LogP contribution is -1.97. The van der Waals surface area contributed by atoms with Crippen molar-refractivity contribution in [3.8, 4) is 5.75 Å². The summed E-state index contributed by atoms with van der Waals surface area (Å²) in [6.45, 7) is 4.65. The molecular formula is C17H18ClNO. The van der Waals surface area contributed by atoms with Gasteiger partial charge in [0.05, 0.1) is 12.6 Å². The third-order valence-corrected chi connectivity index (χ3v) is 3.36. The Morgan fingerprint density at radius 2 is 1.85 bits per heavy atom. The number of ether oxygens (including phenoxy) is 1. The fraction of sp³-hybridized carbons (Fsp3) is 0.235. The van der Waals surface area contributed by atoms with E-state index < -0.39 is 0 Å². The molecule has 0 amide bonds. The number of rotatable bonds is 5. The number of benzene rings is 2. The summed E-state index contributed by atoms with van der Waals surface area (Å²) < 4.78 is 5.58. The fourth-order valence-electron chi connectivity index (χ4n) is 1.96. The molecule has 0 aromatic heterocycles. The van der Waals surface area contributed by atoms with Gasteiger partial charge in [0, 0.05) is 16.8 Å². The van der Waals surface area contributed by atoms with E-state index in [2.05, 4.69) is 4.99 Å². The summed E-state index contributed by atoms with van der Waals surface area (Å²) in [5.41, 5.74) is 2.01. The monoisotopic (exact) mass is 287 g/mol. The molecule has 0 radical (unpaired) electrons. The predicted octanol–water partition coefficient (Wildman–Crippen LogP) is 4.92. The summed E-state index contributed by atoms with van der Waals surface area (Å²) >= 11 is 6.18. The Kier molecular flexibility index (Phi) is 5.19. The van der Waals surface area contributed by atoms with Gasteiger partial charge < -0.3 is 4.74 Å². The zero-order valence-electron chi connectivity index (χ0n) is 11.7. The number of nitrogens with zero attached hydrogens (tertiary/aromatic N) is 1. The normalized spacial score (nSPS) is 12.6. The van der Waals surface area contributed by atoms with Crippen LogP contribution in [-0.2, 0) is 0 Å². The second kappa shape index (κ2) is 7.11. The third-order valence-electron chi connectivity index (χ3n) is 3.01. The van der Waals surface area contributed by atoms with Crippen molar-refractivity contribution < 1.29 is 4.74 Å². The van der Waals surface area contributed by atoms with Crippen molar-refractivity contribution in [2.75, 3.05) is 6.61 Å². The molecule has 0 aliphatic rings. The lowest BCUT2D eigenvalue weighted by atomic mass is 10.1. The first-order valence-electron chi connectivity index (χ1n) is 6.71. The highest BCUT2D eigenvalue weighted by Gasteiger charge is 2.07. The number of hydrogen-bond donors (Lipinski definition) is 0. The van der Waals surface area contributed by atoms with Gasteiger partial charge in [-0.3, -0.25) is 4.99 Å². The molecule has 0 bridgehead atoms. The Balaban J connectivity index is 2.19. The number of aliphatic imine (C=N–C) groups is 1. The number of para-hydroxylation sites is 1. The van der Waals surface area contributed by atoms with Crippen molar-refractivity contribution in [3.63, 3.8) is 0 Å². The molecule has 0 N–H and O–H groups in total. The van der Waals surface area contributed by atoms with E-state index in [9.17, 15) is 0 Å². The molecule has 0 aliphatic heterocycles. The first-order chi connectivity index (χ1) is 9.72. The van der Waals surface area contributed by atoms with Crippen molar-refractivity contribution in [2.45, 2.75) is 19.9 Å². The summed E-state index contributed by atoms with van der Waals surface area (Å²) in [5.74, 6) is 0.852. The van der Waals surface area contributed by atoms with Crippen LogP contribution < -0.4 is 4.74 Å². The third kappa shape index (κ3) is 3.61. The van der Waals surface area contributed by atoms with E-state index in [4.69, 9.17) is 16.3 Å². The maximum Gasteiger partial charge on any atom is 0.128 e. The highest BCUT2D eigenvalue weighted by molar-refractivity contribution is 6.31. The molecule has 2 aromatic rings. The minimum Gasteiger partial charge on any atom is -0.493 e. The molecule has 1 unspecified atom stereocenters. The van der Waals surface area contributed by atoms with Crippen molar-refractivity contribution in [2.24, 2.45) is 4.99 Å². The molecule has 0 heterocycles. The van der Waals surface area contributed by atoms with Crippen LogP contribution >= 0.6 is 11.6 Å². The summed E-state index contributed by atoms with van der Waals surface area (Å²) in [4.78, 5) is 4.58. The fourth-order valence-corrected chi connectivity index (χ4v) is 2.25. The maximum absolute atomic E-state index is 6.18. The van der Waals surface area contributed by atoms with Crippen molar-refractivity contribution in [1.82, 2.24) is 0 Å². The predicted molar refractivity (Wildman–Crippen MR) is 85.1 cm³/mol. The largest absolute Gasteiger partial charge is 0.493 e. The van der Waals surface area contributed by atoms with Gasteiger partial charge in [-0.15, -0.1) is 0 Å². The van der Waals surface area contributed by atoms with E-state index in [0.29, 0.717) is 6.61 Å². The summed E-state index contributed by atoms with van der Waals surface area (Å²) in [6, 6.07) is 15.7. The van der Waals surface area contributed by atoms with Crippen LogP contribution in [0, 0.1) is 0 Å². The zero-order chi connectivity index (χ0) is 14.4. The topological polar surface area (TPSA) is 21.6 Å². The van der Waals surface area contributed by atoms with E-state index in [1.807, 2.05) is 68.6 Å². The molecule has 0 aliphatic carbocycles. The Labute approximate surface area is 125 Å². The molecule has 104 valence electrons. The first kappa shape index (κ1) is 14.6. The lowest BCUT2D eigenvalue weighted by molar-refractivity contribution is 0.340. The standard InChI is InChI=1S/C17H18ClNO/c1-3-20-17-11-7-4-8-14(17)12-19-13(2)15-9-5-6-10-16(15)18/h4-13H,3H2,1-2H3/b19-12+. The summed E-state index contributed by atoms with van der Waals surface area (Å²) in [7, 11) is 0. The van der Waals surface area contributed by atoms with Gasteiger partial charge >= 0.3 is 0 Å². The Morgan fingerprint density at radius 1 is 1.15 bits per heavy atom. The number of halogens is 1. The molecular weight excluding hydrogens is 270 g/mol. The van der Waals surface area contributed by atoms with E-state index in [0.717, 1.165) is 21.9 Å². The van der Waals surface area contributed by atoms with Gasteiger partial charge in [0.1, 0.15) is 5.75 Å². The van der Waals surface area contributed by atoms with Gasteiger partial charge in [-0.05, 0) is 37.6 Å². The number of hydrogen-bond acceptors (Lipinski definition) is 2. The molecule has 2 rings (SSSR count). The van der Waals surface area contributed by atoms with E-state index in [1.165, 1.54) is 0 Å². The van der Waals surface area contributed by atoms with Crippen LogP contribution in [0.1, 0.15) is 31.0 Å². The molecule has 3 heteroatoms. The van der Waals surface area contributed by atoms with Gasteiger partial charge in [-0.1, -0.05) is 41.9 Å². The van der Waals surface area contributed by atoms with Crippen molar-refractivity contribution >= 4 is 17.8 Å². The van der Waals surface area contributed by atoms with E-state index in [-0.39, 0.29) is 6.04 Å². The quantitative estimate of drug-likeness (QED) is 0.715. The van der Waals surface area contributed by atoms with Gasteiger partial charge in [0.25, 0.3) is 0 Å². The lowest BCUT2D eigenvalue weighted by Gasteiger charge is -2.10. The second-order valence-corrected chi connectivity index (χ2v) is 4.85. The molecule has 20 heavy (non-hydrogen) atoms. The Hall–Kier alpha value is -1.80. The molecule has 2 nitrogen and oxygen atoms in total. The molecule has 2 aromatic carbocycles. The van der Waals surface area contributed by atoms with Gasteiger partial charge in [0.2, 0.25) is 0 Å². The van der Waals surface area contributed by atoms with Crippen LogP contribution in [0.25, 0.3) is 0 Å². The highest BCUT2D eigenvalue weighted by Crippen LogP contribution is 2.25.